The SMILES string of the molecule is C/C=C\C(C(=O)N[C@H]1C(=O)N2C(C(=O)OCOC(=O)C(C)(C)C)=C(COC(N)=O)CS[C@@H]12)c1csc(N)n1. The number of nitrogens with one attached hydrogen (secondary N) is 1. The molecule has 0 aromatic carbocycles. The van der Waals surface area contributed by atoms with Gasteiger partial charge in [-0.2, -0.15) is 0 Å². The van der Waals surface area contributed by atoms with Crippen LogP contribution in [-0.2, 0) is 33.4 Å². The van der Waals surface area contributed by atoms with Crippen molar-refractivity contribution >= 4 is 58.1 Å². The van der Waals surface area contributed by atoms with Crippen LogP contribution >= 0.6 is 23.1 Å². The third kappa shape index (κ3) is 6.45. The molecule has 3 amide bonds. The fourth-order valence-corrected chi connectivity index (χ4v) is 5.49. The number of nitrogen functional groups attached to an aromatic ring is 1. The van der Waals surface area contributed by atoms with Crippen molar-refractivity contribution in [2.75, 3.05) is 24.9 Å². The number of nitrogens with two attached hydrogens (primary N) is 2. The molecule has 13 nitrogen and oxygen atoms in total. The van der Waals surface area contributed by atoms with Gasteiger partial charge in [0.2, 0.25) is 12.7 Å². The summed E-state index contributed by atoms with van der Waals surface area (Å²) in [5, 5.41) is 4.07. The van der Waals surface area contributed by atoms with Crippen molar-refractivity contribution in [3.05, 3.63) is 34.5 Å². The molecule has 206 valence electrons. The van der Waals surface area contributed by atoms with Crippen LogP contribution in [0.25, 0.3) is 0 Å². The first-order valence-electron chi connectivity index (χ1n) is 11.4. The smallest absolute Gasteiger partial charge is 0.404 e. The molecular formula is C23H29N5O8S2. The molecule has 2 aliphatic rings. The van der Waals surface area contributed by atoms with E-state index in [1.807, 2.05) is 0 Å². The summed E-state index contributed by atoms with van der Waals surface area (Å²) >= 11 is 2.45. The monoisotopic (exact) mass is 567 g/mol. The molecule has 0 aliphatic carbocycles. The van der Waals surface area contributed by atoms with E-state index < -0.39 is 59.4 Å². The molecule has 3 heterocycles. The van der Waals surface area contributed by atoms with Crippen molar-refractivity contribution in [1.29, 1.82) is 0 Å². The van der Waals surface area contributed by atoms with Gasteiger partial charge in [0, 0.05) is 16.7 Å². The number of allylic oxidation sites excluding steroid dienone is 1. The molecule has 0 radical (unpaired) electrons. The van der Waals surface area contributed by atoms with Crippen LogP contribution in [0.1, 0.15) is 39.3 Å². The Hall–Kier alpha value is -3.59. The average Bonchev–Trinajstić information content (AvgIpc) is 3.28. The lowest BCUT2D eigenvalue weighted by molar-refractivity contribution is -0.173. The van der Waals surface area contributed by atoms with Gasteiger partial charge in [0.05, 0.1) is 17.0 Å². The lowest BCUT2D eigenvalue weighted by atomic mass is 9.98. The third-order valence-electron chi connectivity index (χ3n) is 5.45. The molecular weight excluding hydrogens is 538 g/mol. The topological polar surface area (TPSA) is 193 Å². The van der Waals surface area contributed by atoms with Gasteiger partial charge in [-0.3, -0.25) is 19.3 Å². The van der Waals surface area contributed by atoms with Crippen LogP contribution in [0.5, 0.6) is 0 Å². The Kier molecular flexibility index (Phi) is 9.04. The Morgan fingerprint density at radius 1 is 1.26 bits per heavy atom. The highest BCUT2D eigenvalue weighted by atomic mass is 32.2. The van der Waals surface area contributed by atoms with Crippen molar-refractivity contribution < 1.29 is 38.2 Å². The molecule has 0 bridgehead atoms. The molecule has 0 spiro atoms. The summed E-state index contributed by atoms with van der Waals surface area (Å²) in [6, 6.07) is -0.934. The molecule has 1 aromatic rings. The van der Waals surface area contributed by atoms with Gasteiger partial charge in [-0.25, -0.2) is 14.6 Å². The highest BCUT2D eigenvalue weighted by molar-refractivity contribution is 8.00. The fourth-order valence-electron chi connectivity index (χ4n) is 3.56. The molecule has 15 heteroatoms. The highest BCUT2D eigenvalue weighted by Gasteiger charge is 2.55. The predicted molar refractivity (Wildman–Crippen MR) is 138 cm³/mol. The summed E-state index contributed by atoms with van der Waals surface area (Å²) in [7, 11) is 0. The van der Waals surface area contributed by atoms with Gasteiger partial charge in [0.1, 0.15) is 23.7 Å². The van der Waals surface area contributed by atoms with Crippen molar-refractivity contribution in [1.82, 2.24) is 15.2 Å². The fraction of sp³-hybridized carbons (Fsp3) is 0.478. The number of carbonyl (C=O) groups is 5. The summed E-state index contributed by atoms with van der Waals surface area (Å²) in [4.78, 5) is 67.6. The number of esters is 2. The maximum absolute atomic E-state index is 13.2. The van der Waals surface area contributed by atoms with Crippen LogP contribution in [0.2, 0.25) is 0 Å². The van der Waals surface area contributed by atoms with Crippen molar-refractivity contribution in [3.8, 4) is 0 Å². The minimum absolute atomic E-state index is 0.158. The number of hydrogen-bond acceptors (Lipinski definition) is 12. The number of fused-ring (bicyclic) bond motifs is 1. The minimum Gasteiger partial charge on any atom is -0.445 e. The molecule has 1 aromatic heterocycles. The number of thioether (sulfide) groups is 1. The van der Waals surface area contributed by atoms with Crippen molar-refractivity contribution in [2.24, 2.45) is 11.1 Å². The Morgan fingerprint density at radius 2 is 1.97 bits per heavy atom. The molecule has 38 heavy (non-hydrogen) atoms. The van der Waals surface area contributed by atoms with E-state index >= 15 is 0 Å². The lowest BCUT2D eigenvalue weighted by Crippen LogP contribution is -2.71. The normalized spacial score (nSPS) is 19.9. The largest absolute Gasteiger partial charge is 0.445 e. The van der Waals surface area contributed by atoms with E-state index in [2.05, 4.69) is 10.3 Å². The van der Waals surface area contributed by atoms with E-state index in [0.717, 1.165) is 4.90 Å². The zero-order valence-electron chi connectivity index (χ0n) is 21.2. The number of β-lactam (4-membered cyclic amide) rings is 1. The van der Waals surface area contributed by atoms with Gasteiger partial charge < -0.3 is 31.0 Å². The van der Waals surface area contributed by atoms with E-state index in [1.54, 1.807) is 45.2 Å². The number of anilines is 1. The maximum atomic E-state index is 13.2. The summed E-state index contributed by atoms with van der Waals surface area (Å²) in [6.45, 7) is 5.64. The van der Waals surface area contributed by atoms with Crippen LogP contribution in [0.3, 0.4) is 0 Å². The van der Waals surface area contributed by atoms with E-state index in [0.29, 0.717) is 10.8 Å². The predicted octanol–water partition coefficient (Wildman–Crippen LogP) is 1.22. The summed E-state index contributed by atoms with van der Waals surface area (Å²) in [6.07, 6.45) is 2.27. The first-order valence-corrected chi connectivity index (χ1v) is 13.3. The lowest BCUT2D eigenvalue weighted by Gasteiger charge is -2.49. The summed E-state index contributed by atoms with van der Waals surface area (Å²) < 4.78 is 14.9. The van der Waals surface area contributed by atoms with E-state index in [-0.39, 0.29) is 23.6 Å². The van der Waals surface area contributed by atoms with E-state index in [1.165, 1.54) is 23.1 Å². The van der Waals surface area contributed by atoms with E-state index in [9.17, 15) is 24.0 Å². The second kappa shape index (κ2) is 11.9. The molecule has 0 saturated carbocycles. The van der Waals surface area contributed by atoms with Crippen LogP contribution in [0.15, 0.2) is 28.8 Å². The number of thiazole rings is 1. The highest BCUT2D eigenvalue weighted by Crippen LogP contribution is 2.41. The van der Waals surface area contributed by atoms with Crippen LogP contribution in [0.4, 0.5) is 9.93 Å². The molecule has 1 fully saturated rings. The van der Waals surface area contributed by atoms with Crippen molar-refractivity contribution in [3.63, 3.8) is 0 Å². The van der Waals surface area contributed by atoms with Gasteiger partial charge in [0.25, 0.3) is 5.91 Å². The van der Waals surface area contributed by atoms with Gasteiger partial charge in [0.15, 0.2) is 5.13 Å². The van der Waals surface area contributed by atoms with E-state index in [4.69, 9.17) is 25.7 Å². The molecule has 1 saturated heterocycles. The standard InChI is InChI=1S/C23H29N5O8S2/c1-5-6-12(13-9-38-21(24)26-13)16(29)27-14-17(30)28-15(11(7-34-22(25)33)8-37-18(14)28)19(31)35-10-36-20(32)23(2,3)4/h5-6,9,12,14,18H,7-8,10H2,1-4H3,(H2,24,26)(H2,25,33)(H,27,29)/b6-5-/t12?,14-,18-/m0/s1. The van der Waals surface area contributed by atoms with Gasteiger partial charge in [-0.05, 0) is 27.7 Å². The first-order chi connectivity index (χ1) is 17.8. The zero-order chi connectivity index (χ0) is 28.2. The van der Waals surface area contributed by atoms with Crippen LogP contribution in [-0.4, -0.2) is 70.3 Å². The van der Waals surface area contributed by atoms with Crippen LogP contribution in [0, 0.1) is 5.41 Å². The summed E-state index contributed by atoms with van der Waals surface area (Å²) in [5.74, 6) is -3.15. The van der Waals surface area contributed by atoms with Crippen molar-refractivity contribution in [2.45, 2.75) is 45.0 Å². The van der Waals surface area contributed by atoms with Gasteiger partial charge >= 0.3 is 18.0 Å². The molecule has 1 unspecified atom stereocenters. The first kappa shape index (κ1) is 29.0. The number of amides is 3. The second-order valence-electron chi connectivity index (χ2n) is 9.30. The molecule has 2 aliphatic heterocycles. The number of rotatable bonds is 9. The Morgan fingerprint density at radius 3 is 2.55 bits per heavy atom. The third-order valence-corrected chi connectivity index (χ3v) is 7.48. The number of carbonyl (C=O) groups excluding carboxylic acids is 5. The maximum Gasteiger partial charge on any atom is 0.404 e. The Labute approximate surface area is 226 Å². The van der Waals surface area contributed by atoms with Gasteiger partial charge in [-0.15, -0.1) is 23.1 Å². The van der Waals surface area contributed by atoms with Crippen LogP contribution < -0.4 is 16.8 Å². The number of primary amides is 1. The molecule has 3 rings (SSSR count). The molecule has 5 N–H and O–H groups in total. The Bertz CT molecular complexity index is 1190. The van der Waals surface area contributed by atoms with Gasteiger partial charge in [-0.1, -0.05) is 12.2 Å². The number of hydrogen-bond donors (Lipinski definition) is 3. The average molecular weight is 568 g/mol. The second-order valence-corrected chi connectivity index (χ2v) is 11.3. The minimum atomic E-state index is -1.06. The summed E-state index contributed by atoms with van der Waals surface area (Å²) in [5.41, 5.74) is 10.5. The Balaban J connectivity index is 1.76. The number of ether oxygens (including phenoxy) is 3. The quantitative estimate of drug-likeness (QED) is 0.168. The number of nitrogens with zero attached hydrogens (tertiary/aromatic N) is 2. The molecule has 3 atom stereocenters. The zero-order valence-corrected chi connectivity index (χ0v) is 22.9. The number of aromatic nitrogens is 1.